The lowest BCUT2D eigenvalue weighted by Gasteiger charge is -2.09. The summed E-state index contributed by atoms with van der Waals surface area (Å²) in [7, 11) is 2.27. The number of carbonyl (C=O) groups excluding carboxylic acids is 2. The highest BCUT2D eigenvalue weighted by Gasteiger charge is 2.23. The molecule has 0 amide bonds. The molecule has 25 heavy (non-hydrogen) atoms. The maximum Gasteiger partial charge on any atom is 0.342 e. The van der Waals surface area contributed by atoms with Crippen LogP contribution in [0.1, 0.15) is 20.7 Å². The highest BCUT2D eigenvalue weighted by Crippen LogP contribution is 2.31. The van der Waals surface area contributed by atoms with E-state index >= 15 is 0 Å². The van der Waals surface area contributed by atoms with Gasteiger partial charge in [0.15, 0.2) is 0 Å². The van der Waals surface area contributed by atoms with Crippen molar-refractivity contribution in [2.45, 2.75) is 0 Å². The number of methoxy groups -OCH3 is 2. The van der Waals surface area contributed by atoms with E-state index in [4.69, 9.17) is 4.42 Å². The van der Waals surface area contributed by atoms with Crippen LogP contribution in [0.5, 0.6) is 11.5 Å². The first-order valence-electron chi connectivity index (χ1n) is 7.01. The molecule has 0 aliphatic rings. The molecular weight excluding hydrogens is 332 g/mol. The molecule has 0 radical (unpaired) electrons. The Morgan fingerprint density at radius 2 is 1.60 bits per heavy atom. The van der Waals surface area contributed by atoms with Crippen LogP contribution in [-0.2, 0) is 9.47 Å². The molecule has 0 unspecified atom stereocenters. The fraction of sp³-hybridized carbons (Fsp3) is 0.118. The summed E-state index contributed by atoms with van der Waals surface area (Å²) in [6.07, 6.45) is 0. The number of esters is 2. The lowest BCUT2D eigenvalue weighted by atomic mass is 10.0. The van der Waals surface area contributed by atoms with E-state index in [1.807, 2.05) is 0 Å². The van der Waals surface area contributed by atoms with E-state index in [0.717, 1.165) is 13.2 Å². The lowest BCUT2D eigenvalue weighted by molar-refractivity contribution is 0.0591. The topological polar surface area (TPSA) is 123 Å². The number of aromatic hydroxyl groups is 2. The zero-order valence-electron chi connectivity index (χ0n) is 13.2. The molecule has 0 fully saturated rings. The summed E-state index contributed by atoms with van der Waals surface area (Å²) in [5.41, 5.74) is -1.22. The largest absolute Gasteiger partial charge is 0.507 e. The second-order valence-electron chi connectivity index (χ2n) is 5.12. The van der Waals surface area contributed by atoms with Crippen molar-refractivity contribution in [1.82, 2.24) is 0 Å². The van der Waals surface area contributed by atoms with Gasteiger partial charge in [-0.2, -0.15) is 0 Å². The van der Waals surface area contributed by atoms with Crippen molar-refractivity contribution in [3.05, 3.63) is 45.6 Å². The van der Waals surface area contributed by atoms with Gasteiger partial charge in [-0.15, -0.1) is 0 Å². The van der Waals surface area contributed by atoms with Crippen LogP contribution in [0, 0.1) is 0 Å². The van der Waals surface area contributed by atoms with E-state index in [1.54, 1.807) is 0 Å². The van der Waals surface area contributed by atoms with Gasteiger partial charge >= 0.3 is 11.9 Å². The Labute approximate surface area is 139 Å². The number of fused-ring (bicyclic) bond motifs is 2. The number of hydrogen-bond acceptors (Lipinski definition) is 8. The van der Waals surface area contributed by atoms with Gasteiger partial charge < -0.3 is 24.1 Å². The van der Waals surface area contributed by atoms with Crippen LogP contribution in [0.15, 0.2) is 33.5 Å². The summed E-state index contributed by atoms with van der Waals surface area (Å²) in [5.74, 6) is -2.63. The van der Waals surface area contributed by atoms with E-state index < -0.39 is 28.9 Å². The number of benzene rings is 2. The molecule has 128 valence electrons. The lowest BCUT2D eigenvalue weighted by Crippen LogP contribution is -2.11. The Kier molecular flexibility index (Phi) is 3.80. The monoisotopic (exact) mass is 344 g/mol. The smallest absolute Gasteiger partial charge is 0.342 e. The minimum absolute atomic E-state index is 0.0121. The second-order valence-corrected chi connectivity index (χ2v) is 5.12. The average molecular weight is 344 g/mol. The molecule has 3 rings (SSSR count). The third-order valence-corrected chi connectivity index (χ3v) is 3.71. The molecule has 0 saturated heterocycles. The van der Waals surface area contributed by atoms with Gasteiger partial charge in [0.1, 0.15) is 33.6 Å². The van der Waals surface area contributed by atoms with Crippen LogP contribution in [0.2, 0.25) is 0 Å². The van der Waals surface area contributed by atoms with E-state index in [-0.39, 0.29) is 33.1 Å². The van der Waals surface area contributed by atoms with Gasteiger partial charge in [-0.05, 0) is 24.3 Å². The molecule has 3 aromatic rings. The van der Waals surface area contributed by atoms with E-state index in [9.17, 15) is 24.6 Å². The molecule has 0 saturated carbocycles. The molecule has 0 atom stereocenters. The summed E-state index contributed by atoms with van der Waals surface area (Å²) in [4.78, 5) is 36.4. The van der Waals surface area contributed by atoms with Crippen LogP contribution < -0.4 is 5.43 Å². The van der Waals surface area contributed by atoms with Crippen molar-refractivity contribution in [3.63, 3.8) is 0 Å². The normalized spacial score (nSPS) is 10.8. The highest BCUT2D eigenvalue weighted by molar-refractivity contribution is 6.08. The van der Waals surface area contributed by atoms with E-state index in [1.165, 1.54) is 25.3 Å². The predicted octanol–water partition coefficient (Wildman–Crippen LogP) is 1.93. The van der Waals surface area contributed by atoms with Crippen LogP contribution in [0.3, 0.4) is 0 Å². The first-order chi connectivity index (χ1) is 11.9. The van der Waals surface area contributed by atoms with Crippen molar-refractivity contribution in [2.75, 3.05) is 14.2 Å². The highest BCUT2D eigenvalue weighted by atomic mass is 16.5. The molecule has 8 heteroatoms. The number of phenols is 2. The fourth-order valence-electron chi connectivity index (χ4n) is 2.58. The first kappa shape index (κ1) is 16.3. The summed E-state index contributed by atoms with van der Waals surface area (Å²) in [6, 6.07) is 4.76. The minimum Gasteiger partial charge on any atom is -0.507 e. The molecule has 2 N–H and O–H groups in total. The summed E-state index contributed by atoms with van der Waals surface area (Å²) < 4.78 is 14.7. The van der Waals surface area contributed by atoms with Gasteiger partial charge in [0.2, 0.25) is 5.43 Å². The molecule has 8 nitrogen and oxygen atoms in total. The zero-order chi connectivity index (χ0) is 18.3. The van der Waals surface area contributed by atoms with Crippen LogP contribution in [0.4, 0.5) is 0 Å². The molecule has 0 bridgehead atoms. The average Bonchev–Trinajstić information content (AvgIpc) is 2.60. The second kappa shape index (κ2) is 5.82. The maximum atomic E-state index is 12.8. The first-order valence-corrected chi connectivity index (χ1v) is 7.01. The van der Waals surface area contributed by atoms with Gasteiger partial charge in [-0.1, -0.05) is 0 Å². The van der Waals surface area contributed by atoms with Crippen LogP contribution in [0.25, 0.3) is 21.9 Å². The number of rotatable bonds is 2. The Bertz CT molecular complexity index is 1090. The van der Waals surface area contributed by atoms with Gasteiger partial charge in [0, 0.05) is 0 Å². The third kappa shape index (κ3) is 2.44. The quantitative estimate of drug-likeness (QED) is 0.534. The molecule has 2 aromatic carbocycles. The Balaban J connectivity index is 2.49. The van der Waals surface area contributed by atoms with Crippen molar-refractivity contribution in [1.29, 1.82) is 0 Å². The summed E-state index contributed by atoms with van der Waals surface area (Å²) >= 11 is 0. The van der Waals surface area contributed by atoms with Gasteiger partial charge in [0.05, 0.1) is 25.2 Å². The number of hydrogen-bond donors (Lipinski definition) is 2. The molecule has 1 aromatic heterocycles. The summed E-state index contributed by atoms with van der Waals surface area (Å²) in [6.45, 7) is 0. The molecule has 0 aliphatic carbocycles. The molecule has 0 aliphatic heterocycles. The molecule has 0 spiro atoms. The minimum atomic E-state index is -0.930. The maximum absolute atomic E-state index is 12.8. The van der Waals surface area contributed by atoms with Crippen molar-refractivity contribution < 1.29 is 33.7 Å². The third-order valence-electron chi connectivity index (χ3n) is 3.71. The fourth-order valence-corrected chi connectivity index (χ4v) is 2.58. The van der Waals surface area contributed by atoms with Crippen LogP contribution >= 0.6 is 0 Å². The zero-order valence-corrected chi connectivity index (χ0v) is 13.2. The van der Waals surface area contributed by atoms with Crippen molar-refractivity contribution in [3.8, 4) is 11.5 Å². The van der Waals surface area contributed by atoms with Crippen LogP contribution in [-0.4, -0.2) is 36.4 Å². The Morgan fingerprint density at radius 3 is 2.24 bits per heavy atom. The van der Waals surface area contributed by atoms with E-state index in [2.05, 4.69) is 9.47 Å². The van der Waals surface area contributed by atoms with Crippen molar-refractivity contribution in [2.24, 2.45) is 0 Å². The van der Waals surface area contributed by atoms with E-state index in [0.29, 0.717) is 0 Å². The summed E-state index contributed by atoms with van der Waals surface area (Å²) in [5, 5.41) is 19.6. The molecular formula is C17H12O8. The van der Waals surface area contributed by atoms with Crippen molar-refractivity contribution >= 4 is 33.9 Å². The standard InChI is InChI=1S/C17H12O8/c1-23-16(21)7-5-9(19)12-11(6-7)25-10-4-3-8(18)13(17(22)24-2)14(10)15(12)20/h3-6,18-19H,1-2H3. The SMILES string of the molecule is COC(=O)c1cc(O)c2c(=O)c3c(C(=O)OC)c(O)ccc3oc2c1. The Hall–Kier alpha value is -3.55. The number of ether oxygens (including phenoxy) is 2. The predicted molar refractivity (Wildman–Crippen MR) is 86.0 cm³/mol. The Morgan fingerprint density at radius 1 is 0.920 bits per heavy atom. The molecule has 1 heterocycles. The number of phenolic OH excluding ortho intramolecular Hbond substituents is 2. The van der Waals surface area contributed by atoms with Gasteiger partial charge in [-0.25, -0.2) is 9.59 Å². The number of carbonyl (C=O) groups is 2. The van der Waals surface area contributed by atoms with Gasteiger partial charge in [0.25, 0.3) is 0 Å². The van der Waals surface area contributed by atoms with Gasteiger partial charge in [-0.3, -0.25) is 4.79 Å².